The van der Waals surface area contributed by atoms with Crippen molar-refractivity contribution in [1.82, 2.24) is 20.4 Å². The van der Waals surface area contributed by atoms with Gasteiger partial charge < -0.3 is 15.5 Å². The molecule has 7 nitrogen and oxygen atoms in total. The molecule has 0 spiro atoms. The van der Waals surface area contributed by atoms with Crippen molar-refractivity contribution < 1.29 is 14.0 Å². The van der Waals surface area contributed by atoms with Crippen LogP contribution in [0, 0.1) is 29.5 Å². The summed E-state index contributed by atoms with van der Waals surface area (Å²) in [5.41, 5.74) is 1.05. The molecule has 1 aromatic carbocycles. The molecule has 9 heteroatoms. The molecular formula is C24H33FIN5O2. The van der Waals surface area contributed by atoms with Gasteiger partial charge >= 0.3 is 0 Å². The van der Waals surface area contributed by atoms with Crippen molar-refractivity contribution in [3.05, 3.63) is 47.8 Å². The molecule has 1 aromatic rings. The molecule has 2 amide bonds. The zero-order chi connectivity index (χ0) is 22.7. The Morgan fingerprint density at radius 2 is 1.76 bits per heavy atom. The number of hydrogen-bond donors (Lipinski definition) is 2. The smallest absolute Gasteiger partial charge is 0.233 e. The number of hydrogen-bond acceptors (Lipinski definition) is 4. The number of guanidine groups is 1. The number of fused-ring (bicyclic) bond motifs is 5. The fourth-order valence-electron chi connectivity index (χ4n) is 5.13. The van der Waals surface area contributed by atoms with E-state index in [2.05, 4.69) is 32.7 Å². The van der Waals surface area contributed by atoms with Crippen molar-refractivity contribution in [3.63, 3.8) is 0 Å². The second kappa shape index (κ2) is 11.4. The lowest BCUT2D eigenvalue weighted by Crippen LogP contribution is -2.44. The predicted molar refractivity (Wildman–Crippen MR) is 137 cm³/mol. The number of rotatable bonds is 9. The summed E-state index contributed by atoms with van der Waals surface area (Å²) >= 11 is 0. The number of aliphatic imine (C=N–C) groups is 1. The van der Waals surface area contributed by atoms with Crippen molar-refractivity contribution >= 4 is 41.8 Å². The second-order valence-electron chi connectivity index (χ2n) is 8.88. The van der Waals surface area contributed by atoms with Gasteiger partial charge in [-0.25, -0.2) is 4.39 Å². The maximum atomic E-state index is 13.0. The highest BCUT2D eigenvalue weighted by Gasteiger charge is 2.58. The van der Waals surface area contributed by atoms with Gasteiger partial charge in [0, 0.05) is 32.7 Å². The third-order valence-electron chi connectivity index (χ3n) is 6.65. The van der Waals surface area contributed by atoms with Gasteiger partial charge in [0.25, 0.3) is 0 Å². The largest absolute Gasteiger partial charge is 0.357 e. The molecule has 1 aliphatic heterocycles. The maximum Gasteiger partial charge on any atom is 0.233 e. The molecule has 0 radical (unpaired) electrons. The number of halogens is 2. The Labute approximate surface area is 211 Å². The average Bonchev–Trinajstić information content (AvgIpc) is 3.45. The van der Waals surface area contributed by atoms with Gasteiger partial charge in [-0.05, 0) is 49.9 Å². The highest BCUT2D eigenvalue weighted by molar-refractivity contribution is 14.0. The van der Waals surface area contributed by atoms with E-state index in [0.29, 0.717) is 25.6 Å². The number of allylic oxidation sites excluding steroid dienone is 2. The van der Waals surface area contributed by atoms with E-state index in [1.807, 2.05) is 14.0 Å². The summed E-state index contributed by atoms with van der Waals surface area (Å²) in [6.45, 7) is 5.60. The molecule has 2 N–H and O–H groups in total. The van der Waals surface area contributed by atoms with Crippen LogP contribution in [-0.4, -0.2) is 67.3 Å². The fraction of sp³-hybridized carbons (Fsp3) is 0.542. The molecule has 1 heterocycles. The minimum Gasteiger partial charge on any atom is -0.357 e. The summed E-state index contributed by atoms with van der Waals surface area (Å²) < 4.78 is 13.0. The molecule has 2 aliphatic carbocycles. The van der Waals surface area contributed by atoms with Crippen LogP contribution in [0.3, 0.4) is 0 Å². The van der Waals surface area contributed by atoms with Crippen LogP contribution in [0.5, 0.6) is 0 Å². The van der Waals surface area contributed by atoms with E-state index in [4.69, 9.17) is 0 Å². The molecule has 2 bridgehead atoms. The summed E-state index contributed by atoms with van der Waals surface area (Å²) in [6, 6.07) is 6.52. The number of likely N-dealkylation sites (N-methyl/N-ethyl adjacent to an activating group) is 1. The summed E-state index contributed by atoms with van der Waals surface area (Å²) in [4.78, 5) is 33.7. The van der Waals surface area contributed by atoms with Gasteiger partial charge in [-0.1, -0.05) is 24.3 Å². The van der Waals surface area contributed by atoms with Crippen LogP contribution in [0.25, 0.3) is 0 Å². The molecule has 0 aromatic heterocycles. The van der Waals surface area contributed by atoms with E-state index in [1.165, 1.54) is 17.0 Å². The van der Waals surface area contributed by atoms with E-state index in [9.17, 15) is 14.0 Å². The number of carbonyl (C=O) groups is 2. The number of nitrogens with zero attached hydrogens (tertiary/aromatic N) is 3. The maximum absolute atomic E-state index is 13.0. The molecule has 4 unspecified atom stereocenters. The molecule has 1 saturated carbocycles. The number of likely N-dealkylation sites (tertiary alicyclic amines) is 1. The number of carbonyl (C=O) groups excluding carboxylic acids is 2. The summed E-state index contributed by atoms with van der Waals surface area (Å²) in [5, 5.41) is 6.44. The number of amides is 2. The minimum absolute atomic E-state index is 0. The molecule has 180 valence electrons. The van der Waals surface area contributed by atoms with Crippen molar-refractivity contribution in [2.24, 2.45) is 28.7 Å². The molecular weight excluding hydrogens is 536 g/mol. The number of imide groups is 1. The normalized spacial score (nSPS) is 25.6. The second-order valence-corrected chi connectivity index (χ2v) is 8.88. The molecule has 1 saturated heterocycles. The molecule has 3 aliphatic rings. The Bertz CT molecular complexity index is 877. The first-order valence-electron chi connectivity index (χ1n) is 11.5. The molecule has 4 rings (SSSR count). The summed E-state index contributed by atoms with van der Waals surface area (Å²) in [5.74, 6) is 0.615. The van der Waals surface area contributed by atoms with Gasteiger partial charge in [0.15, 0.2) is 5.96 Å². The predicted octanol–water partition coefficient (Wildman–Crippen LogP) is 2.24. The van der Waals surface area contributed by atoms with Gasteiger partial charge in [0.05, 0.1) is 18.4 Å². The fourth-order valence-corrected chi connectivity index (χ4v) is 5.13. The van der Waals surface area contributed by atoms with Crippen LogP contribution in [0.4, 0.5) is 4.39 Å². The molecule has 4 atom stereocenters. The average molecular weight is 569 g/mol. The first-order chi connectivity index (χ1) is 15.5. The lowest BCUT2D eigenvalue weighted by Gasteiger charge is -2.19. The summed E-state index contributed by atoms with van der Waals surface area (Å²) in [6.07, 6.45) is 5.18. The van der Waals surface area contributed by atoms with Gasteiger partial charge in [-0.3, -0.25) is 19.5 Å². The Morgan fingerprint density at radius 1 is 1.12 bits per heavy atom. The van der Waals surface area contributed by atoms with Crippen LogP contribution in [0.2, 0.25) is 0 Å². The van der Waals surface area contributed by atoms with E-state index in [0.717, 1.165) is 31.6 Å². The van der Waals surface area contributed by atoms with Crippen LogP contribution in [0.15, 0.2) is 41.4 Å². The topological polar surface area (TPSA) is 77.0 Å². The van der Waals surface area contributed by atoms with Crippen LogP contribution < -0.4 is 10.6 Å². The van der Waals surface area contributed by atoms with Crippen molar-refractivity contribution in [2.75, 3.05) is 39.8 Å². The van der Waals surface area contributed by atoms with Gasteiger partial charge in [-0.15, -0.1) is 24.0 Å². The van der Waals surface area contributed by atoms with E-state index in [-0.39, 0.29) is 65.3 Å². The van der Waals surface area contributed by atoms with E-state index >= 15 is 0 Å². The number of benzene rings is 1. The quantitative estimate of drug-likeness (QED) is 0.157. The Morgan fingerprint density at radius 3 is 2.36 bits per heavy atom. The zero-order valence-electron chi connectivity index (χ0n) is 19.2. The Hall–Kier alpha value is -2.01. The Balaban J connectivity index is 0.00000306. The van der Waals surface area contributed by atoms with Crippen LogP contribution in [0.1, 0.15) is 18.9 Å². The SMILES string of the molecule is CCNC(=NCCN(C)Cc1ccc(F)cc1)NCCN1C(=O)C2C3C=CC(C3)C2C1=O.I. The van der Waals surface area contributed by atoms with Crippen molar-refractivity contribution in [2.45, 2.75) is 19.9 Å². The van der Waals surface area contributed by atoms with Crippen LogP contribution >= 0.6 is 24.0 Å². The van der Waals surface area contributed by atoms with E-state index < -0.39 is 0 Å². The molecule has 2 fully saturated rings. The first-order valence-corrected chi connectivity index (χ1v) is 11.5. The standard InChI is InChI=1S/C24H32FN5O2.HI/c1-3-26-24(27-10-12-29(2)15-16-4-8-19(25)9-5-16)28-11-13-30-22(31)20-17-6-7-18(14-17)21(20)23(30)32;/h4-9,17-18,20-21H,3,10-15H2,1-2H3,(H2,26,27,28);1H. The van der Waals surface area contributed by atoms with Gasteiger partial charge in [-0.2, -0.15) is 0 Å². The molecule has 33 heavy (non-hydrogen) atoms. The van der Waals surface area contributed by atoms with Crippen LogP contribution in [-0.2, 0) is 16.1 Å². The van der Waals surface area contributed by atoms with Gasteiger partial charge in [0.1, 0.15) is 5.82 Å². The third kappa shape index (κ3) is 5.74. The van der Waals surface area contributed by atoms with Gasteiger partial charge in [0.2, 0.25) is 11.8 Å². The minimum atomic E-state index is -0.230. The summed E-state index contributed by atoms with van der Waals surface area (Å²) in [7, 11) is 2.00. The lowest BCUT2D eigenvalue weighted by atomic mass is 9.85. The van der Waals surface area contributed by atoms with Crippen molar-refractivity contribution in [1.29, 1.82) is 0 Å². The lowest BCUT2D eigenvalue weighted by molar-refractivity contribution is -0.140. The highest BCUT2D eigenvalue weighted by atomic mass is 127. The zero-order valence-corrected chi connectivity index (χ0v) is 21.5. The number of nitrogens with one attached hydrogen (secondary N) is 2. The first kappa shape index (κ1) is 25.6. The van der Waals surface area contributed by atoms with Crippen molar-refractivity contribution in [3.8, 4) is 0 Å². The van der Waals surface area contributed by atoms with E-state index in [1.54, 1.807) is 12.1 Å². The Kier molecular flexibility index (Phi) is 8.86. The third-order valence-corrected chi connectivity index (χ3v) is 6.65. The monoisotopic (exact) mass is 569 g/mol. The highest BCUT2D eigenvalue weighted by Crippen LogP contribution is 2.52.